The van der Waals surface area contributed by atoms with Crippen LogP contribution in [0.15, 0.2) is 72.3 Å². The van der Waals surface area contributed by atoms with Crippen molar-refractivity contribution in [1.82, 2.24) is 4.90 Å². The van der Waals surface area contributed by atoms with Crippen LogP contribution in [0, 0.1) is 0 Å². The van der Waals surface area contributed by atoms with E-state index in [9.17, 15) is 9.59 Å². The molecule has 0 saturated carbocycles. The van der Waals surface area contributed by atoms with Gasteiger partial charge in [-0.2, -0.15) is 0 Å². The number of amides is 1. The average molecular weight is 319 g/mol. The minimum atomic E-state index is -0.0317. The molecule has 0 saturated heterocycles. The summed E-state index contributed by atoms with van der Waals surface area (Å²) in [6.07, 6.45) is 3.54. The van der Waals surface area contributed by atoms with Gasteiger partial charge in [0.15, 0.2) is 5.78 Å². The lowest BCUT2D eigenvalue weighted by Crippen LogP contribution is -2.32. The first-order valence-corrected chi connectivity index (χ1v) is 8.33. The fraction of sp³-hybridized carbons (Fsp3) is 0.238. The van der Waals surface area contributed by atoms with Gasteiger partial charge >= 0.3 is 0 Å². The third kappa shape index (κ3) is 4.19. The molecule has 3 heteroatoms. The fourth-order valence-corrected chi connectivity index (χ4v) is 2.97. The predicted molar refractivity (Wildman–Crippen MR) is 94.1 cm³/mol. The number of rotatable bonds is 5. The number of ketones is 1. The van der Waals surface area contributed by atoms with Crippen molar-refractivity contribution in [1.29, 1.82) is 0 Å². The van der Waals surface area contributed by atoms with Gasteiger partial charge in [-0.3, -0.25) is 9.59 Å². The Hall–Kier alpha value is -2.68. The molecule has 1 aliphatic rings. The zero-order chi connectivity index (χ0) is 16.8. The van der Waals surface area contributed by atoms with Crippen molar-refractivity contribution < 1.29 is 9.59 Å². The van der Waals surface area contributed by atoms with E-state index in [0.717, 1.165) is 17.5 Å². The van der Waals surface area contributed by atoms with Gasteiger partial charge in [0.05, 0.1) is 0 Å². The molecule has 2 aromatic rings. The van der Waals surface area contributed by atoms with Crippen LogP contribution in [0.3, 0.4) is 0 Å². The zero-order valence-electron chi connectivity index (χ0n) is 13.7. The summed E-state index contributed by atoms with van der Waals surface area (Å²) in [4.78, 5) is 26.5. The van der Waals surface area contributed by atoms with Crippen molar-refractivity contribution in [3.05, 3.63) is 83.4 Å². The maximum absolute atomic E-state index is 13.0. The molecule has 1 aliphatic carbocycles. The quantitative estimate of drug-likeness (QED) is 0.838. The van der Waals surface area contributed by atoms with Gasteiger partial charge in [-0.25, -0.2) is 0 Å². The highest BCUT2D eigenvalue weighted by Crippen LogP contribution is 2.20. The molecule has 0 heterocycles. The summed E-state index contributed by atoms with van der Waals surface area (Å²) in [6, 6.07) is 19.9. The lowest BCUT2D eigenvalue weighted by Gasteiger charge is -2.25. The second-order valence-corrected chi connectivity index (χ2v) is 6.12. The lowest BCUT2D eigenvalue weighted by molar-refractivity contribution is -0.129. The Morgan fingerprint density at radius 2 is 1.38 bits per heavy atom. The van der Waals surface area contributed by atoms with E-state index in [1.54, 1.807) is 0 Å². The third-order valence-electron chi connectivity index (χ3n) is 4.20. The Labute approximate surface area is 142 Å². The first-order valence-electron chi connectivity index (χ1n) is 8.33. The van der Waals surface area contributed by atoms with Crippen LogP contribution in [0.1, 0.15) is 30.4 Å². The largest absolute Gasteiger partial charge is 0.330 e. The zero-order valence-corrected chi connectivity index (χ0v) is 13.7. The van der Waals surface area contributed by atoms with Gasteiger partial charge in [-0.05, 0) is 30.0 Å². The van der Waals surface area contributed by atoms with Crippen LogP contribution in [-0.4, -0.2) is 16.6 Å². The second kappa shape index (κ2) is 7.73. The Morgan fingerprint density at radius 1 is 0.833 bits per heavy atom. The van der Waals surface area contributed by atoms with E-state index in [1.165, 1.54) is 6.08 Å². The number of hydrogen-bond donors (Lipinski definition) is 0. The van der Waals surface area contributed by atoms with E-state index >= 15 is 0 Å². The molecule has 0 fully saturated rings. The molecular weight excluding hydrogens is 298 g/mol. The number of benzene rings is 2. The predicted octanol–water partition coefficient (Wildman–Crippen LogP) is 3.89. The molecule has 0 spiro atoms. The Kier molecular flexibility index (Phi) is 5.22. The number of nitrogens with zero attached hydrogens (tertiary/aromatic N) is 1. The molecule has 0 radical (unpaired) electrons. The molecule has 2 aromatic carbocycles. The monoisotopic (exact) mass is 319 g/mol. The molecule has 3 rings (SSSR count). The summed E-state index contributed by atoms with van der Waals surface area (Å²) >= 11 is 0. The lowest BCUT2D eigenvalue weighted by atomic mass is 9.97. The van der Waals surface area contributed by atoms with Crippen molar-refractivity contribution in [3.63, 3.8) is 0 Å². The van der Waals surface area contributed by atoms with Crippen molar-refractivity contribution in [2.45, 2.75) is 32.4 Å². The molecule has 122 valence electrons. The Balaban J connectivity index is 1.83. The van der Waals surface area contributed by atoms with Crippen molar-refractivity contribution in [3.8, 4) is 0 Å². The first-order chi connectivity index (χ1) is 11.7. The minimum Gasteiger partial charge on any atom is -0.330 e. The third-order valence-corrected chi connectivity index (χ3v) is 4.20. The van der Waals surface area contributed by atoms with Crippen LogP contribution >= 0.6 is 0 Å². The van der Waals surface area contributed by atoms with E-state index < -0.39 is 0 Å². The smallest absolute Gasteiger partial charge is 0.250 e. The normalized spacial score (nSPS) is 14.2. The molecule has 0 bridgehead atoms. The highest BCUT2D eigenvalue weighted by Gasteiger charge is 2.22. The highest BCUT2D eigenvalue weighted by atomic mass is 16.2. The summed E-state index contributed by atoms with van der Waals surface area (Å²) in [7, 11) is 0. The number of allylic oxidation sites excluding steroid dienone is 1. The molecule has 0 aromatic heterocycles. The van der Waals surface area contributed by atoms with Crippen LogP contribution < -0.4 is 0 Å². The van der Waals surface area contributed by atoms with Crippen LogP contribution in [0.2, 0.25) is 0 Å². The van der Waals surface area contributed by atoms with Gasteiger partial charge in [0.2, 0.25) is 0 Å². The Bertz CT molecular complexity index is 693. The van der Waals surface area contributed by atoms with Crippen molar-refractivity contribution in [2.24, 2.45) is 0 Å². The summed E-state index contributed by atoms with van der Waals surface area (Å²) in [5.74, 6) is 0.0275. The van der Waals surface area contributed by atoms with Crippen molar-refractivity contribution in [2.75, 3.05) is 0 Å². The van der Waals surface area contributed by atoms with Gasteiger partial charge in [0, 0.05) is 25.1 Å². The second-order valence-electron chi connectivity index (χ2n) is 6.12. The van der Waals surface area contributed by atoms with Crippen LogP contribution in [0.4, 0.5) is 0 Å². The molecule has 0 N–H and O–H groups in total. The minimum absolute atomic E-state index is 0.0317. The number of carbonyl (C=O) groups is 2. The molecule has 3 nitrogen and oxygen atoms in total. The molecule has 0 aliphatic heterocycles. The van der Waals surface area contributed by atoms with E-state index in [0.29, 0.717) is 31.5 Å². The van der Waals surface area contributed by atoms with Gasteiger partial charge < -0.3 is 4.90 Å². The summed E-state index contributed by atoms with van der Waals surface area (Å²) in [6.45, 7) is 1.08. The van der Waals surface area contributed by atoms with E-state index in [1.807, 2.05) is 65.6 Å². The van der Waals surface area contributed by atoms with E-state index in [2.05, 4.69) is 0 Å². The van der Waals surface area contributed by atoms with Gasteiger partial charge in [0.25, 0.3) is 5.91 Å². The standard InChI is InChI=1S/C21H21NO2/c23-20-13-7-12-19(14-20)21(24)22(15-17-8-3-1-4-9-17)16-18-10-5-2-6-11-18/h1-6,8-11,14H,7,12-13,15-16H2. The van der Waals surface area contributed by atoms with Gasteiger partial charge in [0.1, 0.15) is 0 Å². The van der Waals surface area contributed by atoms with Gasteiger partial charge in [-0.15, -0.1) is 0 Å². The van der Waals surface area contributed by atoms with E-state index in [-0.39, 0.29) is 11.7 Å². The molecule has 1 amide bonds. The summed E-state index contributed by atoms with van der Waals surface area (Å²) < 4.78 is 0. The number of carbonyl (C=O) groups excluding carboxylic acids is 2. The summed E-state index contributed by atoms with van der Waals surface area (Å²) in [5, 5.41) is 0. The maximum atomic E-state index is 13.0. The molecule has 24 heavy (non-hydrogen) atoms. The highest BCUT2D eigenvalue weighted by molar-refractivity contribution is 6.02. The SMILES string of the molecule is O=C1C=C(C(=O)N(Cc2ccccc2)Cc2ccccc2)CCC1. The summed E-state index contributed by atoms with van der Waals surface area (Å²) in [5.41, 5.74) is 2.81. The molecule has 0 unspecified atom stereocenters. The maximum Gasteiger partial charge on any atom is 0.250 e. The number of hydrogen-bond acceptors (Lipinski definition) is 2. The fourth-order valence-electron chi connectivity index (χ4n) is 2.97. The average Bonchev–Trinajstić information content (AvgIpc) is 2.62. The van der Waals surface area contributed by atoms with Crippen LogP contribution in [0.5, 0.6) is 0 Å². The van der Waals surface area contributed by atoms with Gasteiger partial charge in [-0.1, -0.05) is 60.7 Å². The molecular formula is C21H21NO2. The van der Waals surface area contributed by atoms with Crippen LogP contribution in [-0.2, 0) is 22.7 Å². The molecule has 0 atom stereocenters. The Morgan fingerprint density at radius 3 is 1.88 bits per heavy atom. The van der Waals surface area contributed by atoms with Crippen molar-refractivity contribution >= 4 is 11.7 Å². The van der Waals surface area contributed by atoms with Crippen LogP contribution in [0.25, 0.3) is 0 Å². The first kappa shape index (κ1) is 16.2. The van der Waals surface area contributed by atoms with E-state index in [4.69, 9.17) is 0 Å². The topological polar surface area (TPSA) is 37.4 Å².